The number of carbonyl (C=O) groups is 1. The molecule has 1 aliphatic rings. The third-order valence-corrected chi connectivity index (χ3v) is 6.89. The number of thiophene rings is 1. The molecule has 2 aromatic heterocycles. The topological polar surface area (TPSA) is 80.8 Å². The molecule has 166 valence electrons. The van der Waals surface area contributed by atoms with E-state index in [0.29, 0.717) is 17.5 Å². The molecule has 0 saturated heterocycles. The van der Waals surface area contributed by atoms with Crippen LogP contribution >= 0.6 is 23.1 Å². The minimum atomic E-state index is -0.191. The Bertz CT molecular complexity index is 1250. The van der Waals surface area contributed by atoms with Gasteiger partial charge in [0.1, 0.15) is 5.75 Å². The van der Waals surface area contributed by atoms with Gasteiger partial charge in [-0.15, -0.1) is 21.5 Å². The van der Waals surface area contributed by atoms with E-state index in [1.165, 1.54) is 23.1 Å². The molecule has 1 unspecified atom stereocenters. The Hall–Kier alpha value is -3.43. The third-order valence-electron chi connectivity index (χ3n) is 5.23. The first-order valence-electron chi connectivity index (χ1n) is 10.3. The summed E-state index contributed by atoms with van der Waals surface area (Å²) in [7, 11) is 1.63. The van der Waals surface area contributed by atoms with Crippen molar-refractivity contribution in [1.29, 1.82) is 0 Å². The highest BCUT2D eigenvalue weighted by atomic mass is 32.2. The van der Waals surface area contributed by atoms with E-state index in [0.717, 1.165) is 27.5 Å². The van der Waals surface area contributed by atoms with Crippen molar-refractivity contribution in [3.05, 3.63) is 83.2 Å². The Labute approximate surface area is 199 Å². The van der Waals surface area contributed by atoms with E-state index in [1.54, 1.807) is 12.1 Å². The summed E-state index contributed by atoms with van der Waals surface area (Å²) < 4.78 is 11.0. The summed E-state index contributed by atoms with van der Waals surface area (Å²) in [5.41, 5.74) is 2.89. The molecule has 2 aromatic carbocycles. The highest BCUT2D eigenvalue weighted by Crippen LogP contribution is 2.34. The number of carbonyl (C=O) groups excluding carboxylic acids is 1. The van der Waals surface area contributed by atoms with Crippen molar-refractivity contribution in [2.45, 2.75) is 17.7 Å². The van der Waals surface area contributed by atoms with Gasteiger partial charge in [0.2, 0.25) is 0 Å². The van der Waals surface area contributed by atoms with Crippen molar-refractivity contribution in [2.24, 2.45) is 5.10 Å². The summed E-state index contributed by atoms with van der Waals surface area (Å²) in [6, 6.07) is 21.3. The van der Waals surface area contributed by atoms with Crippen LogP contribution in [0.25, 0.3) is 10.8 Å². The average molecular weight is 477 g/mol. The first-order chi connectivity index (χ1) is 16.2. The van der Waals surface area contributed by atoms with E-state index in [-0.39, 0.29) is 17.7 Å². The van der Waals surface area contributed by atoms with Crippen molar-refractivity contribution in [3.8, 4) is 16.5 Å². The fraction of sp³-hybridized carbons (Fsp3) is 0.167. The predicted octanol–water partition coefficient (Wildman–Crippen LogP) is 5.28. The molecular formula is C24H20N4O3S2. The number of hydrogen-bond donors (Lipinski definition) is 0. The maximum absolute atomic E-state index is 13.2. The molecule has 0 fully saturated rings. The first kappa shape index (κ1) is 21.4. The van der Waals surface area contributed by atoms with Gasteiger partial charge >= 0.3 is 0 Å². The second-order valence-electron chi connectivity index (χ2n) is 7.28. The van der Waals surface area contributed by atoms with E-state index in [2.05, 4.69) is 10.2 Å². The number of hydrazone groups is 1. The Balaban J connectivity index is 1.34. The Kier molecular flexibility index (Phi) is 6.23. The summed E-state index contributed by atoms with van der Waals surface area (Å²) in [5.74, 6) is 1.25. The lowest BCUT2D eigenvalue weighted by atomic mass is 9.98. The summed E-state index contributed by atoms with van der Waals surface area (Å²) >= 11 is 2.74. The van der Waals surface area contributed by atoms with Gasteiger partial charge in [-0.2, -0.15) is 5.10 Å². The van der Waals surface area contributed by atoms with Crippen LogP contribution in [0.3, 0.4) is 0 Å². The lowest BCUT2D eigenvalue weighted by molar-refractivity contribution is -0.130. The largest absolute Gasteiger partial charge is 0.497 e. The van der Waals surface area contributed by atoms with Gasteiger partial charge in [0.25, 0.3) is 17.0 Å². The zero-order valence-electron chi connectivity index (χ0n) is 17.7. The fourth-order valence-corrected chi connectivity index (χ4v) is 4.85. The Morgan fingerprint density at radius 1 is 1.12 bits per heavy atom. The molecule has 1 atom stereocenters. The normalized spacial score (nSPS) is 15.5. The van der Waals surface area contributed by atoms with Crippen LogP contribution < -0.4 is 4.74 Å². The second-order valence-corrected chi connectivity index (χ2v) is 9.16. The van der Waals surface area contributed by atoms with Gasteiger partial charge in [-0.05, 0) is 34.7 Å². The lowest BCUT2D eigenvalue weighted by Crippen LogP contribution is -2.28. The molecule has 5 rings (SSSR count). The summed E-state index contributed by atoms with van der Waals surface area (Å²) in [5, 5.41) is 16.7. The maximum atomic E-state index is 13.2. The average Bonchev–Trinajstić information content (AvgIpc) is 3.64. The molecule has 0 N–H and O–H groups in total. The summed E-state index contributed by atoms with van der Waals surface area (Å²) in [6.07, 6.45) is 0.635. The standard InChI is InChI=1S/C24H20N4O3S2/c1-30-18-11-9-17(10-12-18)20-14-19(16-6-3-2-4-7-16)27-28(20)22(29)15-33-24-26-25-23(31-24)21-8-5-13-32-21/h2-13,20H,14-15H2,1H3. The molecule has 7 nitrogen and oxygen atoms in total. The second kappa shape index (κ2) is 9.60. The van der Waals surface area contributed by atoms with Crippen molar-refractivity contribution in [2.75, 3.05) is 12.9 Å². The zero-order chi connectivity index (χ0) is 22.6. The maximum Gasteiger partial charge on any atom is 0.277 e. The Morgan fingerprint density at radius 2 is 1.94 bits per heavy atom. The number of benzene rings is 2. The number of thioether (sulfide) groups is 1. The molecule has 0 bridgehead atoms. The molecule has 9 heteroatoms. The predicted molar refractivity (Wildman–Crippen MR) is 129 cm³/mol. The number of amides is 1. The van der Waals surface area contributed by atoms with Gasteiger partial charge in [0.15, 0.2) is 0 Å². The quantitative estimate of drug-likeness (QED) is 0.338. The molecule has 4 aromatic rings. The van der Waals surface area contributed by atoms with Crippen LogP contribution in [0.1, 0.15) is 23.6 Å². The number of rotatable bonds is 7. The van der Waals surface area contributed by atoms with Gasteiger partial charge in [0.05, 0.1) is 29.5 Å². The highest BCUT2D eigenvalue weighted by molar-refractivity contribution is 7.99. The van der Waals surface area contributed by atoms with Crippen molar-refractivity contribution in [1.82, 2.24) is 15.2 Å². The van der Waals surface area contributed by atoms with Gasteiger partial charge < -0.3 is 9.15 Å². The number of ether oxygens (including phenoxy) is 1. The number of methoxy groups -OCH3 is 1. The molecule has 1 aliphatic heterocycles. The van der Waals surface area contributed by atoms with Gasteiger partial charge in [-0.3, -0.25) is 4.79 Å². The minimum Gasteiger partial charge on any atom is -0.497 e. The molecule has 0 aliphatic carbocycles. The van der Waals surface area contributed by atoms with Crippen LogP contribution in [0, 0.1) is 0 Å². The van der Waals surface area contributed by atoms with Gasteiger partial charge in [-0.25, -0.2) is 5.01 Å². The lowest BCUT2D eigenvalue weighted by Gasteiger charge is -2.22. The molecule has 1 amide bonds. The molecule has 3 heterocycles. The van der Waals surface area contributed by atoms with E-state index < -0.39 is 0 Å². The van der Waals surface area contributed by atoms with Crippen LogP contribution in [0.4, 0.5) is 0 Å². The van der Waals surface area contributed by atoms with E-state index in [4.69, 9.17) is 14.3 Å². The van der Waals surface area contributed by atoms with Crippen LogP contribution in [0.2, 0.25) is 0 Å². The van der Waals surface area contributed by atoms with Crippen molar-refractivity contribution in [3.63, 3.8) is 0 Å². The van der Waals surface area contributed by atoms with Crippen molar-refractivity contribution >= 4 is 34.7 Å². The number of aromatic nitrogens is 2. The molecule has 0 saturated carbocycles. The minimum absolute atomic E-state index is 0.123. The van der Waals surface area contributed by atoms with Gasteiger partial charge in [-0.1, -0.05) is 60.3 Å². The number of nitrogens with zero attached hydrogens (tertiary/aromatic N) is 4. The monoisotopic (exact) mass is 476 g/mol. The Morgan fingerprint density at radius 3 is 2.67 bits per heavy atom. The van der Waals surface area contributed by atoms with Gasteiger partial charge in [0, 0.05) is 6.42 Å². The zero-order valence-corrected chi connectivity index (χ0v) is 19.4. The summed E-state index contributed by atoms with van der Waals surface area (Å²) in [6.45, 7) is 0. The van der Waals surface area contributed by atoms with Crippen LogP contribution in [0.15, 0.2) is 86.9 Å². The summed E-state index contributed by atoms with van der Waals surface area (Å²) in [4.78, 5) is 14.1. The van der Waals surface area contributed by atoms with Crippen LogP contribution in [-0.2, 0) is 4.79 Å². The SMILES string of the molecule is COc1ccc(C2CC(c3ccccc3)=NN2C(=O)CSc2nnc(-c3cccs3)o2)cc1. The molecule has 0 radical (unpaired) electrons. The fourth-order valence-electron chi connectivity index (χ4n) is 3.59. The number of hydrogen-bond acceptors (Lipinski definition) is 8. The molecular weight excluding hydrogens is 456 g/mol. The molecule has 0 spiro atoms. The van der Waals surface area contributed by atoms with Crippen LogP contribution in [-0.4, -0.2) is 39.7 Å². The van der Waals surface area contributed by atoms with E-state index >= 15 is 0 Å². The highest BCUT2D eigenvalue weighted by Gasteiger charge is 2.33. The van der Waals surface area contributed by atoms with E-state index in [9.17, 15) is 4.79 Å². The smallest absolute Gasteiger partial charge is 0.277 e. The van der Waals surface area contributed by atoms with E-state index in [1.807, 2.05) is 72.1 Å². The molecule has 33 heavy (non-hydrogen) atoms. The third kappa shape index (κ3) is 4.69. The van der Waals surface area contributed by atoms with Crippen molar-refractivity contribution < 1.29 is 13.9 Å². The van der Waals surface area contributed by atoms with Crippen LogP contribution in [0.5, 0.6) is 5.75 Å². The first-order valence-corrected chi connectivity index (χ1v) is 12.2.